The van der Waals surface area contributed by atoms with Crippen LogP contribution in [-0.4, -0.2) is 31.2 Å². The second kappa shape index (κ2) is 5.56. The van der Waals surface area contributed by atoms with Crippen LogP contribution in [0, 0.1) is 6.92 Å². The highest BCUT2D eigenvalue weighted by Crippen LogP contribution is 2.30. The molecule has 19 heavy (non-hydrogen) atoms. The molecule has 0 amide bonds. The predicted molar refractivity (Wildman–Crippen MR) is 74.9 cm³/mol. The molecule has 0 fully saturated rings. The summed E-state index contributed by atoms with van der Waals surface area (Å²) >= 11 is 0. The molecule has 0 radical (unpaired) electrons. The van der Waals surface area contributed by atoms with Crippen molar-refractivity contribution in [3.63, 3.8) is 0 Å². The van der Waals surface area contributed by atoms with Gasteiger partial charge in [-0.15, -0.1) is 0 Å². The summed E-state index contributed by atoms with van der Waals surface area (Å²) in [6, 6.07) is 5.69. The number of rotatable bonds is 4. The molecule has 0 aliphatic carbocycles. The monoisotopic (exact) mass is 259 g/mol. The number of nitrogens with one attached hydrogen (secondary N) is 1. The van der Waals surface area contributed by atoms with Crippen LogP contribution in [0.4, 0.5) is 5.95 Å². The Morgan fingerprint density at radius 2 is 1.68 bits per heavy atom. The summed E-state index contributed by atoms with van der Waals surface area (Å²) in [7, 11) is 5.05. The highest BCUT2D eigenvalue weighted by atomic mass is 16.5. The number of benzene rings is 1. The maximum absolute atomic E-state index is 5.28. The zero-order chi connectivity index (χ0) is 13.8. The second-order valence-corrected chi connectivity index (χ2v) is 4.08. The lowest BCUT2D eigenvalue weighted by molar-refractivity contribution is 0.394. The lowest BCUT2D eigenvalue weighted by atomic mass is 10.1. The zero-order valence-corrected chi connectivity index (χ0v) is 11.5. The van der Waals surface area contributed by atoms with E-state index >= 15 is 0 Å². The quantitative estimate of drug-likeness (QED) is 0.914. The van der Waals surface area contributed by atoms with E-state index in [4.69, 9.17) is 9.47 Å². The van der Waals surface area contributed by atoms with Gasteiger partial charge in [0.25, 0.3) is 0 Å². The molecule has 5 heteroatoms. The van der Waals surface area contributed by atoms with Gasteiger partial charge in [0, 0.05) is 24.9 Å². The Kier molecular flexibility index (Phi) is 3.85. The molecule has 1 N–H and O–H groups in total. The topological polar surface area (TPSA) is 56.3 Å². The van der Waals surface area contributed by atoms with Gasteiger partial charge in [0.1, 0.15) is 11.5 Å². The highest BCUT2D eigenvalue weighted by Gasteiger charge is 2.09. The van der Waals surface area contributed by atoms with Crippen LogP contribution in [0.2, 0.25) is 0 Å². The van der Waals surface area contributed by atoms with E-state index in [2.05, 4.69) is 15.3 Å². The van der Waals surface area contributed by atoms with Gasteiger partial charge in [0.15, 0.2) is 0 Å². The minimum atomic E-state index is 0.586. The Labute approximate surface area is 112 Å². The average Bonchev–Trinajstić information content (AvgIpc) is 2.47. The van der Waals surface area contributed by atoms with E-state index in [1.165, 1.54) is 0 Å². The molecule has 0 saturated carbocycles. The van der Waals surface area contributed by atoms with Gasteiger partial charge in [-0.05, 0) is 24.6 Å². The number of aromatic nitrogens is 2. The highest BCUT2D eigenvalue weighted by molar-refractivity contribution is 5.67. The molecule has 0 bridgehead atoms. The number of methoxy groups -OCH3 is 2. The first-order chi connectivity index (χ1) is 9.17. The van der Waals surface area contributed by atoms with Crippen molar-refractivity contribution >= 4 is 5.95 Å². The van der Waals surface area contributed by atoms with Crippen LogP contribution in [0.3, 0.4) is 0 Å². The summed E-state index contributed by atoms with van der Waals surface area (Å²) in [5, 5.41) is 2.94. The van der Waals surface area contributed by atoms with Crippen molar-refractivity contribution in [3.05, 3.63) is 30.0 Å². The number of anilines is 1. The van der Waals surface area contributed by atoms with Crippen LogP contribution in [0.15, 0.2) is 24.4 Å². The van der Waals surface area contributed by atoms with Crippen molar-refractivity contribution in [2.45, 2.75) is 6.92 Å². The fourth-order valence-electron chi connectivity index (χ4n) is 1.80. The predicted octanol–water partition coefficient (Wildman–Crippen LogP) is 2.51. The summed E-state index contributed by atoms with van der Waals surface area (Å²) in [4.78, 5) is 8.66. The molecule has 1 aromatic carbocycles. The third kappa shape index (κ3) is 2.76. The fourth-order valence-corrected chi connectivity index (χ4v) is 1.80. The summed E-state index contributed by atoms with van der Waals surface area (Å²) in [6.07, 6.45) is 1.79. The van der Waals surface area contributed by atoms with Gasteiger partial charge in [-0.25, -0.2) is 9.97 Å². The van der Waals surface area contributed by atoms with E-state index in [9.17, 15) is 0 Å². The van der Waals surface area contributed by atoms with E-state index in [1.807, 2.05) is 25.1 Å². The van der Waals surface area contributed by atoms with Gasteiger partial charge < -0.3 is 14.8 Å². The molecule has 0 aliphatic heterocycles. The van der Waals surface area contributed by atoms with E-state index in [0.717, 1.165) is 28.3 Å². The van der Waals surface area contributed by atoms with Crippen molar-refractivity contribution in [3.8, 4) is 22.8 Å². The van der Waals surface area contributed by atoms with Crippen LogP contribution >= 0.6 is 0 Å². The first-order valence-corrected chi connectivity index (χ1v) is 5.92. The first kappa shape index (κ1) is 13.1. The molecule has 0 spiro atoms. The molecule has 5 nitrogen and oxygen atoms in total. The van der Waals surface area contributed by atoms with Gasteiger partial charge in [0.2, 0.25) is 5.95 Å². The number of hydrogen-bond donors (Lipinski definition) is 1. The molecule has 0 saturated heterocycles. The molecular weight excluding hydrogens is 242 g/mol. The third-order valence-corrected chi connectivity index (χ3v) is 2.82. The van der Waals surface area contributed by atoms with Crippen LogP contribution < -0.4 is 14.8 Å². The lowest BCUT2D eigenvalue weighted by Crippen LogP contribution is -1.99. The van der Waals surface area contributed by atoms with Gasteiger partial charge in [-0.1, -0.05) is 0 Å². The molecule has 1 aromatic heterocycles. The van der Waals surface area contributed by atoms with E-state index in [0.29, 0.717) is 5.95 Å². The van der Waals surface area contributed by atoms with Gasteiger partial charge in [-0.2, -0.15) is 0 Å². The van der Waals surface area contributed by atoms with Gasteiger partial charge >= 0.3 is 0 Å². The summed E-state index contributed by atoms with van der Waals surface area (Å²) in [6.45, 7) is 1.97. The SMILES string of the molecule is CNc1ncc(C)c(-c2cc(OC)cc(OC)c2)n1. The second-order valence-electron chi connectivity index (χ2n) is 4.08. The van der Waals surface area contributed by atoms with Crippen LogP contribution in [0.1, 0.15) is 5.56 Å². The van der Waals surface area contributed by atoms with Crippen molar-refractivity contribution in [2.24, 2.45) is 0 Å². The molecular formula is C14H17N3O2. The number of hydrogen-bond acceptors (Lipinski definition) is 5. The van der Waals surface area contributed by atoms with Gasteiger partial charge in [0.05, 0.1) is 19.9 Å². The summed E-state index contributed by atoms with van der Waals surface area (Å²) < 4.78 is 10.6. The molecule has 100 valence electrons. The van der Waals surface area contributed by atoms with Crippen molar-refractivity contribution in [1.82, 2.24) is 9.97 Å². The molecule has 0 atom stereocenters. The Morgan fingerprint density at radius 3 is 2.21 bits per heavy atom. The largest absolute Gasteiger partial charge is 0.497 e. The summed E-state index contributed by atoms with van der Waals surface area (Å²) in [5.41, 5.74) is 2.79. The lowest BCUT2D eigenvalue weighted by Gasteiger charge is -2.10. The average molecular weight is 259 g/mol. The fraction of sp³-hybridized carbons (Fsp3) is 0.286. The Balaban J connectivity index is 2.57. The van der Waals surface area contributed by atoms with Gasteiger partial charge in [-0.3, -0.25) is 0 Å². The van der Waals surface area contributed by atoms with E-state index < -0.39 is 0 Å². The number of aryl methyl sites for hydroxylation is 1. The molecule has 0 aliphatic rings. The third-order valence-electron chi connectivity index (χ3n) is 2.82. The first-order valence-electron chi connectivity index (χ1n) is 5.92. The van der Waals surface area contributed by atoms with Crippen LogP contribution in [-0.2, 0) is 0 Å². The maximum Gasteiger partial charge on any atom is 0.222 e. The normalized spacial score (nSPS) is 10.1. The molecule has 2 aromatic rings. The molecule has 2 rings (SSSR count). The Bertz CT molecular complexity index is 563. The maximum atomic E-state index is 5.28. The smallest absolute Gasteiger partial charge is 0.222 e. The van der Waals surface area contributed by atoms with Crippen molar-refractivity contribution in [1.29, 1.82) is 0 Å². The minimum Gasteiger partial charge on any atom is -0.497 e. The number of ether oxygens (including phenoxy) is 2. The van der Waals surface area contributed by atoms with E-state index in [1.54, 1.807) is 27.5 Å². The standard InChI is InChI=1S/C14H17N3O2/c1-9-8-16-14(15-2)17-13(9)10-5-11(18-3)7-12(6-10)19-4/h5-8H,1-4H3,(H,15,16,17). The van der Waals surface area contributed by atoms with Crippen molar-refractivity contribution < 1.29 is 9.47 Å². The van der Waals surface area contributed by atoms with Crippen molar-refractivity contribution in [2.75, 3.05) is 26.6 Å². The Hall–Kier alpha value is -2.30. The Morgan fingerprint density at radius 1 is 1.05 bits per heavy atom. The van der Waals surface area contributed by atoms with Crippen LogP contribution in [0.5, 0.6) is 11.5 Å². The molecule has 1 heterocycles. The summed E-state index contributed by atoms with van der Waals surface area (Å²) in [5.74, 6) is 2.05. The zero-order valence-electron chi connectivity index (χ0n) is 11.5. The number of nitrogens with zero attached hydrogens (tertiary/aromatic N) is 2. The van der Waals surface area contributed by atoms with E-state index in [-0.39, 0.29) is 0 Å². The van der Waals surface area contributed by atoms with Crippen LogP contribution in [0.25, 0.3) is 11.3 Å². The minimum absolute atomic E-state index is 0.586. The molecule has 0 unspecified atom stereocenters.